The molecule has 0 aromatic heterocycles. The van der Waals surface area contributed by atoms with Crippen molar-refractivity contribution in [1.82, 2.24) is 14.9 Å². The van der Waals surface area contributed by atoms with Crippen LogP contribution in [0.4, 0.5) is 0 Å². The van der Waals surface area contributed by atoms with Crippen molar-refractivity contribution in [2.45, 2.75) is 24.6 Å². The highest BCUT2D eigenvalue weighted by Crippen LogP contribution is 2.06. The summed E-state index contributed by atoms with van der Waals surface area (Å²) in [5.41, 5.74) is 0. The van der Waals surface area contributed by atoms with Gasteiger partial charge in [0, 0.05) is 26.7 Å². The fourth-order valence-corrected chi connectivity index (χ4v) is 2.93. The third kappa shape index (κ3) is 3.16. The van der Waals surface area contributed by atoms with Gasteiger partial charge in [-0.25, -0.2) is 13.1 Å². The van der Waals surface area contributed by atoms with E-state index in [4.69, 9.17) is 0 Å². The van der Waals surface area contributed by atoms with Gasteiger partial charge >= 0.3 is 0 Å². The topological polar surface area (TPSA) is 78.5 Å². The van der Waals surface area contributed by atoms with Crippen molar-refractivity contribution in [3.8, 4) is 0 Å². The van der Waals surface area contributed by atoms with E-state index in [0.717, 1.165) is 13.0 Å². The molecule has 1 fully saturated rings. The number of nitrogens with one attached hydrogen (secondary N) is 2. The monoisotopic (exact) mass is 249 g/mol. The van der Waals surface area contributed by atoms with Crippen molar-refractivity contribution >= 4 is 15.9 Å². The molecule has 1 amide bonds. The number of hydrogen-bond donors (Lipinski definition) is 2. The molecule has 16 heavy (non-hydrogen) atoms. The van der Waals surface area contributed by atoms with Gasteiger partial charge in [0.05, 0.1) is 0 Å². The summed E-state index contributed by atoms with van der Waals surface area (Å²) in [4.78, 5) is 12.8. The Morgan fingerprint density at radius 2 is 2.12 bits per heavy atom. The molecule has 0 radical (unpaired) electrons. The van der Waals surface area contributed by atoms with E-state index in [0.29, 0.717) is 6.54 Å². The van der Waals surface area contributed by atoms with Gasteiger partial charge in [-0.05, 0) is 19.9 Å². The van der Waals surface area contributed by atoms with Crippen LogP contribution in [0.15, 0.2) is 0 Å². The predicted molar refractivity (Wildman–Crippen MR) is 61.5 cm³/mol. The fraction of sp³-hybridized carbons (Fsp3) is 0.889. The van der Waals surface area contributed by atoms with E-state index in [1.807, 2.05) is 0 Å². The minimum Gasteiger partial charge on any atom is -0.348 e. The lowest BCUT2D eigenvalue weighted by molar-refractivity contribution is -0.127. The molecule has 0 spiro atoms. The number of carbonyl (C=O) groups excluding carboxylic acids is 1. The maximum Gasteiger partial charge on any atom is 0.241 e. The van der Waals surface area contributed by atoms with Gasteiger partial charge in [-0.3, -0.25) is 4.79 Å². The Bertz CT molecular complexity index is 347. The quantitative estimate of drug-likeness (QED) is 0.652. The summed E-state index contributed by atoms with van der Waals surface area (Å²) in [6, 6.07) is -0.0950. The predicted octanol–water partition coefficient (Wildman–Crippen LogP) is -1.26. The second kappa shape index (κ2) is 5.11. The molecule has 94 valence electrons. The second-order valence-electron chi connectivity index (χ2n) is 4.23. The first-order valence-corrected chi connectivity index (χ1v) is 6.82. The Balaban J connectivity index is 2.65. The van der Waals surface area contributed by atoms with Crippen LogP contribution < -0.4 is 10.0 Å². The Hall–Kier alpha value is -0.660. The maximum absolute atomic E-state index is 11.8. The summed E-state index contributed by atoms with van der Waals surface area (Å²) in [6.45, 7) is 2.85. The van der Waals surface area contributed by atoms with E-state index >= 15 is 0 Å². The zero-order valence-corrected chi connectivity index (χ0v) is 10.7. The Labute approximate surface area is 96.4 Å². The van der Waals surface area contributed by atoms with Crippen molar-refractivity contribution in [2.24, 2.45) is 0 Å². The third-order valence-electron chi connectivity index (χ3n) is 2.65. The number of rotatable bonds is 4. The molecule has 2 N–H and O–H groups in total. The molecule has 1 rings (SSSR count). The summed E-state index contributed by atoms with van der Waals surface area (Å²) in [6.07, 6.45) is 0.766. The van der Waals surface area contributed by atoms with Crippen LogP contribution in [0.1, 0.15) is 13.3 Å². The molecular formula is C9H19N3O3S. The van der Waals surface area contributed by atoms with Crippen LogP contribution in [0, 0.1) is 0 Å². The molecule has 1 saturated heterocycles. The van der Waals surface area contributed by atoms with E-state index in [1.165, 1.54) is 11.8 Å². The summed E-state index contributed by atoms with van der Waals surface area (Å²) >= 11 is 0. The molecule has 0 bridgehead atoms. The molecule has 2 unspecified atom stereocenters. The number of sulfonamides is 1. The maximum atomic E-state index is 11.8. The molecule has 1 aliphatic rings. The van der Waals surface area contributed by atoms with Gasteiger partial charge in [0.2, 0.25) is 15.9 Å². The van der Waals surface area contributed by atoms with Crippen LogP contribution in [0.25, 0.3) is 0 Å². The smallest absolute Gasteiger partial charge is 0.241 e. The fourth-order valence-electron chi connectivity index (χ4n) is 1.59. The molecule has 7 heteroatoms. The van der Waals surface area contributed by atoms with Gasteiger partial charge in [0.25, 0.3) is 0 Å². The lowest BCUT2D eigenvalue weighted by atomic mass is 10.3. The molecule has 1 heterocycles. The number of nitrogens with zero attached hydrogens (tertiary/aromatic N) is 1. The van der Waals surface area contributed by atoms with E-state index in [9.17, 15) is 13.2 Å². The highest BCUT2D eigenvalue weighted by molar-refractivity contribution is 7.90. The highest BCUT2D eigenvalue weighted by Gasteiger charge is 2.31. The summed E-state index contributed by atoms with van der Waals surface area (Å²) < 4.78 is 26.2. The number of hydrogen-bond acceptors (Lipinski definition) is 4. The lowest BCUT2D eigenvalue weighted by Gasteiger charge is -2.19. The van der Waals surface area contributed by atoms with E-state index < -0.39 is 21.2 Å². The van der Waals surface area contributed by atoms with E-state index in [1.54, 1.807) is 14.1 Å². The van der Waals surface area contributed by atoms with Gasteiger partial charge in [-0.15, -0.1) is 0 Å². The average molecular weight is 249 g/mol. The molecule has 0 saturated carbocycles. The van der Waals surface area contributed by atoms with Crippen LogP contribution in [-0.2, 0) is 14.8 Å². The average Bonchev–Trinajstić information content (AvgIpc) is 2.67. The first-order chi connectivity index (χ1) is 7.34. The van der Waals surface area contributed by atoms with E-state index in [2.05, 4.69) is 10.0 Å². The zero-order valence-electron chi connectivity index (χ0n) is 9.86. The molecule has 6 nitrogen and oxygen atoms in total. The second-order valence-corrected chi connectivity index (χ2v) is 6.26. The minimum absolute atomic E-state index is 0.0950. The highest BCUT2D eigenvalue weighted by atomic mass is 32.2. The summed E-state index contributed by atoms with van der Waals surface area (Å²) in [7, 11) is -0.475. The van der Waals surface area contributed by atoms with Crippen LogP contribution in [-0.4, -0.2) is 57.7 Å². The standard InChI is InChI=1S/C9H19N3O3S/c1-7(9(13)12(2)3)16(14,15)11-8-4-5-10-6-8/h7-8,10-11H,4-6H2,1-3H3. The van der Waals surface area contributed by atoms with Gasteiger partial charge in [-0.1, -0.05) is 0 Å². The van der Waals surface area contributed by atoms with Crippen molar-refractivity contribution in [2.75, 3.05) is 27.2 Å². The molecular weight excluding hydrogens is 230 g/mol. The van der Waals surface area contributed by atoms with Gasteiger partial charge in [0.1, 0.15) is 0 Å². The molecule has 1 aliphatic heterocycles. The van der Waals surface area contributed by atoms with Crippen LogP contribution in [0.5, 0.6) is 0 Å². The van der Waals surface area contributed by atoms with Crippen LogP contribution in [0.2, 0.25) is 0 Å². The Morgan fingerprint density at radius 3 is 2.56 bits per heavy atom. The lowest BCUT2D eigenvalue weighted by Crippen LogP contribution is -2.46. The Kier molecular flexibility index (Phi) is 4.28. The van der Waals surface area contributed by atoms with Gasteiger partial charge in [0.15, 0.2) is 5.25 Å². The third-order valence-corrected chi connectivity index (χ3v) is 4.44. The van der Waals surface area contributed by atoms with E-state index in [-0.39, 0.29) is 6.04 Å². The first-order valence-electron chi connectivity index (χ1n) is 5.27. The Morgan fingerprint density at radius 1 is 1.50 bits per heavy atom. The van der Waals surface area contributed by atoms with Crippen LogP contribution in [0.3, 0.4) is 0 Å². The SMILES string of the molecule is CC(C(=O)N(C)C)S(=O)(=O)NC1CCNC1. The zero-order chi connectivity index (χ0) is 12.3. The number of amides is 1. The number of carbonyl (C=O) groups is 1. The molecule has 0 aromatic carbocycles. The summed E-state index contributed by atoms with van der Waals surface area (Å²) in [5, 5.41) is 2.02. The largest absolute Gasteiger partial charge is 0.348 e. The minimum atomic E-state index is -3.57. The van der Waals surface area contributed by atoms with Crippen molar-refractivity contribution < 1.29 is 13.2 Å². The molecule has 2 atom stereocenters. The van der Waals surface area contributed by atoms with Crippen molar-refractivity contribution in [3.05, 3.63) is 0 Å². The van der Waals surface area contributed by atoms with Gasteiger partial charge < -0.3 is 10.2 Å². The van der Waals surface area contributed by atoms with Crippen LogP contribution >= 0.6 is 0 Å². The van der Waals surface area contributed by atoms with Crippen molar-refractivity contribution in [3.63, 3.8) is 0 Å². The normalized spacial score (nSPS) is 23.1. The summed E-state index contributed by atoms with van der Waals surface area (Å²) in [5.74, 6) is -0.404. The molecule has 0 aromatic rings. The first kappa shape index (κ1) is 13.4. The van der Waals surface area contributed by atoms with Crippen molar-refractivity contribution in [1.29, 1.82) is 0 Å². The van der Waals surface area contributed by atoms with Gasteiger partial charge in [-0.2, -0.15) is 0 Å². The molecule has 0 aliphatic carbocycles.